The Balaban J connectivity index is 0.924. The highest BCUT2D eigenvalue weighted by atomic mass is 15.0. The van der Waals surface area contributed by atoms with E-state index < -0.39 is 0 Å². The van der Waals surface area contributed by atoms with E-state index in [0.29, 0.717) is 17.5 Å². The van der Waals surface area contributed by atoms with Crippen LogP contribution in [0.5, 0.6) is 0 Å². The Kier molecular flexibility index (Phi) is 9.30. The first-order valence-electron chi connectivity index (χ1n) is 24.6. The van der Waals surface area contributed by atoms with Gasteiger partial charge < -0.3 is 9.13 Å². The first-order chi connectivity index (χ1) is 34.9. The van der Waals surface area contributed by atoms with Crippen molar-refractivity contribution in [3.8, 4) is 67.8 Å². The third-order valence-corrected chi connectivity index (χ3v) is 15.1. The maximum atomic E-state index is 5.06. The van der Waals surface area contributed by atoms with Gasteiger partial charge in [0, 0.05) is 55.0 Å². The molecule has 0 N–H and O–H groups in total. The second kappa shape index (κ2) is 16.1. The van der Waals surface area contributed by atoms with Crippen LogP contribution in [0.4, 0.5) is 0 Å². The van der Waals surface area contributed by atoms with Crippen molar-refractivity contribution in [1.82, 2.24) is 24.1 Å². The molecule has 0 saturated carbocycles. The van der Waals surface area contributed by atoms with Crippen LogP contribution in [-0.4, -0.2) is 24.1 Å². The molecule has 0 radical (unpaired) electrons. The minimum absolute atomic E-state index is 0.0670. The monoisotopic (exact) mass is 909 g/mol. The van der Waals surface area contributed by atoms with Crippen molar-refractivity contribution in [2.75, 3.05) is 0 Å². The molecule has 0 bridgehead atoms. The fraction of sp³-hybridized carbons (Fsp3) is 0.0758. The molecule has 2 aliphatic rings. The fourth-order valence-electron chi connectivity index (χ4n) is 11.6. The third-order valence-electron chi connectivity index (χ3n) is 15.1. The van der Waals surface area contributed by atoms with Crippen molar-refractivity contribution in [3.05, 3.63) is 241 Å². The van der Waals surface area contributed by atoms with Gasteiger partial charge in [-0.3, -0.25) is 0 Å². The maximum absolute atomic E-state index is 5.06. The molecule has 0 fully saturated rings. The van der Waals surface area contributed by atoms with Gasteiger partial charge in [0.05, 0.1) is 22.1 Å². The van der Waals surface area contributed by atoms with Gasteiger partial charge in [0.25, 0.3) is 0 Å². The number of nitrogens with zero attached hydrogens (tertiary/aromatic N) is 5. The van der Waals surface area contributed by atoms with Crippen LogP contribution in [0.1, 0.15) is 37.8 Å². The third kappa shape index (κ3) is 6.65. The van der Waals surface area contributed by atoms with E-state index in [9.17, 15) is 0 Å². The van der Waals surface area contributed by atoms with Crippen molar-refractivity contribution in [1.29, 1.82) is 0 Å². The second-order valence-electron chi connectivity index (χ2n) is 19.5. The van der Waals surface area contributed by atoms with Gasteiger partial charge in [-0.2, -0.15) is 0 Å². The standard InChI is InChI=1S/C66H47N5/c1-66(2)57-30-14-12-28-51(57)53-40-56-55-39-47(46-32-34-60-54(38-46)52-29-13-15-31-59(52)70(60)49-25-10-5-11-26-49)33-35-61(55)71(62(56)41-58(53)66)50-27-17-23-45(37-50)44-22-16-24-48(36-44)65-68-63(42-18-6-3-7-19-42)67-64(69-65)43-20-8-4-9-21-43/h3-13,15-29,31-41H,14,30H2,1-2H3. The van der Waals surface area contributed by atoms with Crippen LogP contribution in [-0.2, 0) is 5.41 Å². The van der Waals surface area contributed by atoms with Gasteiger partial charge in [-0.25, -0.2) is 15.0 Å². The highest BCUT2D eigenvalue weighted by molar-refractivity contribution is 6.14. The van der Waals surface area contributed by atoms with Crippen molar-refractivity contribution in [2.45, 2.75) is 32.1 Å². The quantitative estimate of drug-likeness (QED) is 0.160. The van der Waals surface area contributed by atoms with Gasteiger partial charge in [0.2, 0.25) is 0 Å². The Morgan fingerprint density at radius 2 is 0.873 bits per heavy atom. The Morgan fingerprint density at radius 1 is 0.380 bits per heavy atom. The van der Waals surface area contributed by atoms with Crippen LogP contribution in [0, 0.1) is 0 Å². The van der Waals surface area contributed by atoms with E-state index in [0.717, 1.165) is 52.0 Å². The normalized spacial score (nSPS) is 13.9. The summed E-state index contributed by atoms with van der Waals surface area (Å²) in [6.45, 7) is 4.84. The number of hydrogen-bond donors (Lipinski definition) is 0. The SMILES string of the molecule is CC1(C)C2=C(C=CCC2)c2cc3c4cc(-c5ccc6c(c5)c5ccccc5n6-c5ccccc5)ccc4n(-c4cccc(-c5cccc(-c6nc(-c7ccccc7)nc(-c7ccccc7)n6)c5)c4)c3cc21. The second-order valence-corrected chi connectivity index (χ2v) is 19.5. The number of benzene rings is 9. The van der Waals surface area contributed by atoms with Crippen LogP contribution >= 0.6 is 0 Å². The average molecular weight is 910 g/mol. The highest BCUT2D eigenvalue weighted by Crippen LogP contribution is 2.52. The summed E-state index contributed by atoms with van der Waals surface area (Å²) in [7, 11) is 0. The molecule has 0 aliphatic heterocycles. The predicted octanol–water partition coefficient (Wildman–Crippen LogP) is 16.8. The highest BCUT2D eigenvalue weighted by Gasteiger charge is 2.38. The number of allylic oxidation sites excluding steroid dienone is 4. The van der Waals surface area contributed by atoms with E-state index in [4.69, 9.17) is 15.0 Å². The van der Waals surface area contributed by atoms with E-state index in [-0.39, 0.29) is 5.41 Å². The lowest BCUT2D eigenvalue weighted by atomic mass is 9.78. The number of hydrogen-bond acceptors (Lipinski definition) is 3. The van der Waals surface area contributed by atoms with Gasteiger partial charge in [-0.1, -0.05) is 171 Å². The lowest BCUT2D eigenvalue weighted by molar-refractivity contribution is 0.608. The average Bonchev–Trinajstić information content (AvgIpc) is 4.02. The smallest absolute Gasteiger partial charge is 0.164 e. The van der Waals surface area contributed by atoms with Gasteiger partial charge in [0.15, 0.2) is 17.5 Å². The molecule has 0 saturated heterocycles. The van der Waals surface area contributed by atoms with E-state index >= 15 is 0 Å². The van der Waals surface area contributed by atoms with Crippen LogP contribution < -0.4 is 0 Å². The van der Waals surface area contributed by atoms with Crippen molar-refractivity contribution < 1.29 is 0 Å². The molecule has 14 rings (SSSR count). The molecule has 0 amide bonds. The number of para-hydroxylation sites is 2. The molecule has 0 spiro atoms. The minimum atomic E-state index is -0.0670. The Labute approximate surface area is 412 Å². The van der Waals surface area contributed by atoms with Crippen LogP contribution in [0.3, 0.4) is 0 Å². The molecule has 3 aromatic heterocycles. The van der Waals surface area contributed by atoms with Crippen LogP contribution in [0.25, 0.3) is 117 Å². The lowest BCUT2D eigenvalue weighted by Gasteiger charge is -2.25. The van der Waals surface area contributed by atoms with Gasteiger partial charge in [0.1, 0.15) is 0 Å². The molecule has 0 unspecified atom stereocenters. The summed E-state index contributed by atoms with van der Waals surface area (Å²) in [6, 6.07) is 76.5. The zero-order valence-electron chi connectivity index (χ0n) is 39.5. The Bertz CT molecular complexity index is 4120. The molecule has 3 heterocycles. The van der Waals surface area contributed by atoms with Gasteiger partial charge >= 0.3 is 0 Å². The largest absolute Gasteiger partial charge is 0.309 e. The van der Waals surface area contributed by atoms with E-state index in [2.05, 4.69) is 187 Å². The zero-order chi connectivity index (χ0) is 47.2. The topological polar surface area (TPSA) is 48.5 Å². The zero-order valence-corrected chi connectivity index (χ0v) is 39.5. The minimum Gasteiger partial charge on any atom is -0.309 e. The maximum Gasteiger partial charge on any atom is 0.164 e. The molecule has 0 atom stereocenters. The first kappa shape index (κ1) is 41.1. The lowest BCUT2D eigenvalue weighted by Crippen LogP contribution is -2.17. The summed E-state index contributed by atoms with van der Waals surface area (Å²) < 4.78 is 4.88. The summed E-state index contributed by atoms with van der Waals surface area (Å²) in [4.78, 5) is 15.1. The number of fused-ring (bicyclic) bond motifs is 8. The molecular formula is C66H47N5. The fourth-order valence-corrected chi connectivity index (χ4v) is 11.6. The molecule has 9 aromatic carbocycles. The molecular weight excluding hydrogens is 863 g/mol. The summed E-state index contributed by atoms with van der Waals surface area (Å²) in [5, 5.41) is 5.00. The molecule has 336 valence electrons. The summed E-state index contributed by atoms with van der Waals surface area (Å²) in [6.07, 6.45) is 6.92. The summed E-state index contributed by atoms with van der Waals surface area (Å²) in [5.74, 6) is 1.93. The van der Waals surface area contributed by atoms with Gasteiger partial charge in [-0.05, 0) is 125 Å². The Hall–Kier alpha value is -8.93. The summed E-state index contributed by atoms with van der Waals surface area (Å²) >= 11 is 0. The molecule has 2 aliphatic carbocycles. The molecule has 5 nitrogen and oxygen atoms in total. The van der Waals surface area contributed by atoms with Crippen LogP contribution in [0.15, 0.2) is 230 Å². The van der Waals surface area contributed by atoms with Crippen molar-refractivity contribution in [2.24, 2.45) is 0 Å². The van der Waals surface area contributed by atoms with Crippen molar-refractivity contribution in [3.63, 3.8) is 0 Å². The number of aromatic nitrogens is 5. The predicted molar refractivity (Wildman–Crippen MR) is 294 cm³/mol. The van der Waals surface area contributed by atoms with E-state index in [1.807, 2.05) is 60.7 Å². The Morgan fingerprint density at radius 3 is 1.56 bits per heavy atom. The van der Waals surface area contributed by atoms with E-state index in [1.54, 1.807) is 5.57 Å². The van der Waals surface area contributed by atoms with Gasteiger partial charge in [-0.15, -0.1) is 0 Å². The molecule has 5 heteroatoms. The molecule has 71 heavy (non-hydrogen) atoms. The number of rotatable bonds is 7. The van der Waals surface area contributed by atoms with Crippen molar-refractivity contribution >= 4 is 49.2 Å². The first-order valence-corrected chi connectivity index (χ1v) is 24.6. The van der Waals surface area contributed by atoms with E-state index in [1.165, 1.54) is 71.4 Å². The molecule has 12 aromatic rings. The summed E-state index contributed by atoms with van der Waals surface area (Å²) in [5.41, 5.74) is 20.2. The van der Waals surface area contributed by atoms with Crippen LogP contribution in [0.2, 0.25) is 0 Å².